The van der Waals surface area contributed by atoms with E-state index in [-0.39, 0.29) is 0 Å². The molecule has 0 spiro atoms. The Morgan fingerprint density at radius 3 is 2.75 bits per heavy atom. The Labute approximate surface area is 98.9 Å². The van der Waals surface area contributed by atoms with Crippen molar-refractivity contribution in [3.05, 3.63) is 54.6 Å². The summed E-state index contributed by atoms with van der Waals surface area (Å²) in [5.41, 5.74) is 2.51. The third-order valence-corrected chi connectivity index (χ3v) is 2.50. The number of benzene rings is 1. The maximum atomic E-state index is 3.71. The molecular weight excluding hydrogens is 194 g/mol. The number of rotatable bonds is 7. The molecular formula is C15H21N. The molecule has 1 nitrogen and oxygen atoms in total. The van der Waals surface area contributed by atoms with Crippen molar-refractivity contribution in [2.75, 3.05) is 11.9 Å². The molecule has 0 unspecified atom stereocenters. The maximum absolute atomic E-state index is 3.71. The first kappa shape index (κ1) is 12.6. The van der Waals surface area contributed by atoms with E-state index >= 15 is 0 Å². The minimum absolute atomic E-state index is 0.902. The highest BCUT2D eigenvalue weighted by molar-refractivity contribution is 5.50. The van der Waals surface area contributed by atoms with E-state index in [4.69, 9.17) is 0 Å². The van der Waals surface area contributed by atoms with Gasteiger partial charge in [0.2, 0.25) is 0 Å². The number of para-hydroxylation sites is 1. The molecule has 0 heterocycles. The number of anilines is 1. The molecule has 1 aromatic carbocycles. The fraction of sp³-hybridized carbons (Fsp3) is 0.333. The fourth-order valence-electron chi connectivity index (χ4n) is 1.52. The first-order valence-electron chi connectivity index (χ1n) is 5.90. The third-order valence-electron chi connectivity index (χ3n) is 2.50. The average Bonchev–Trinajstić information content (AvgIpc) is 2.30. The van der Waals surface area contributed by atoms with Gasteiger partial charge in [-0.1, -0.05) is 36.4 Å². The molecule has 0 fully saturated rings. The second-order valence-corrected chi connectivity index (χ2v) is 3.89. The largest absolute Gasteiger partial charge is 0.381 e. The molecule has 0 bridgehead atoms. The van der Waals surface area contributed by atoms with Crippen molar-refractivity contribution in [1.29, 1.82) is 0 Å². The van der Waals surface area contributed by atoms with Crippen LogP contribution in [0.4, 0.5) is 5.69 Å². The minimum atomic E-state index is 0.902. The van der Waals surface area contributed by atoms with Crippen LogP contribution in [0.5, 0.6) is 0 Å². The Bertz CT molecular complexity index is 339. The van der Waals surface area contributed by atoms with Gasteiger partial charge < -0.3 is 5.32 Å². The van der Waals surface area contributed by atoms with Gasteiger partial charge in [-0.2, -0.15) is 0 Å². The van der Waals surface area contributed by atoms with Gasteiger partial charge in [-0.25, -0.2) is 0 Å². The van der Waals surface area contributed by atoms with Gasteiger partial charge in [0, 0.05) is 12.2 Å². The van der Waals surface area contributed by atoms with Crippen molar-refractivity contribution in [3.63, 3.8) is 0 Å². The number of aryl methyl sites for hydroxylation is 1. The zero-order chi connectivity index (χ0) is 11.6. The molecule has 1 rings (SSSR count). The summed E-state index contributed by atoms with van der Waals surface area (Å²) in [7, 11) is 0. The Kier molecular flexibility index (Phi) is 6.09. The first-order valence-corrected chi connectivity index (χ1v) is 5.90. The fourth-order valence-corrected chi connectivity index (χ4v) is 1.52. The minimum Gasteiger partial charge on any atom is -0.381 e. The summed E-state index contributed by atoms with van der Waals surface area (Å²) in [5.74, 6) is 0. The van der Waals surface area contributed by atoms with Gasteiger partial charge in [-0.05, 0) is 37.8 Å². The van der Waals surface area contributed by atoms with E-state index in [2.05, 4.69) is 55.2 Å². The lowest BCUT2D eigenvalue weighted by Gasteiger charge is -2.06. The summed E-state index contributed by atoms with van der Waals surface area (Å²) in [4.78, 5) is 0. The Hall–Kier alpha value is -1.50. The lowest BCUT2D eigenvalue weighted by Crippen LogP contribution is -1.99. The summed E-state index contributed by atoms with van der Waals surface area (Å²) in [6.07, 6.45) is 9.84. The summed E-state index contributed by atoms with van der Waals surface area (Å²) in [5, 5.41) is 3.40. The predicted molar refractivity (Wildman–Crippen MR) is 72.9 cm³/mol. The predicted octanol–water partition coefficient (Wildman–Crippen LogP) is 4.32. The van der Waals surface area contributed by atoms with Crippen LogP contribution >= 0.6 is 0 Å². The van der Waals surface area contributed by atoms with Gasteiger partial charge in [0.05, 0.1) is 0 Å². The van der Waals surface area contributed by atoms with Crippen LogP contribution in [0.2, 0.25) is 0 Å². The van der Waals surface area contributed by atoms with Gasteiger partial charge in [-0.3, -0.25) is 0 Å². The van der Waals surface area contributed by atoms with Crippen molar-refractivity contribution in [2.45, 2.75) is 26.2 Å². The molecule has 0 aliphatic heterocycles. The number of nitrogens with one attached hydrogen (secondary N) is 1. The molecule has 0 saturated carbocycles. The van der Waals surface area contributed by atoms with Crippen LogP contribution in [0.15, 0.2) is 49.1 Å². The van der Waals surface area contributed by atoms with Gasteiger partial charge in [0.15, 0.2) is 0 Å². The standard InChI is InChI=1S/C15H21N/c1-3-4-5-6-7-10-13-16-15-12-9-8-11-14(15)2/h3,7-12,16H,1,4-6,13H2,2H3. The van der Waals surface area contributed by atoms with Gasteiger partial charge in [0.1, 0.15) is 0 Å². The topological polar surface area (TPSA) is 12.0 Å². The highest BCUT2D eigenvalue weighted by Crippen LogP contribution is 2.12. The first-order chi connectivity index (χ1) is 7.84. The summed E-state index contributed by atoms with van der Waals surface area (Å²) in [6, 6.07) is 8.35. The van der Waals surface area contributed by atoms with Crippen LogP contribution in [0, 0.1) is 6.92 Å². The van der Waals surface area contributed by atoms with Crippen molar-refractivity contribution in [3.8, 4) is 0 Å². The van der Waals surface area contributed by atoms with E-state index in [0.717, 1.165) is 19.4 Å². The normalized spacial score (nSPS) is 10.6. The molecule has 0 aromatic heterocycles. The van der Waals surface area contributed by atoms with E-state index < -0.39 is 0 Å². The summed E-state index contributed by atoms with van der Waals surface area (Å²) < 4.78 is 0. The smallest absolute Gasteiger partial charge is 0.0372 e. The average molecular weight is 215 g/mol. The zero-order valence-electron chi connectivity index (χ0n) is 10.1. The van der Waals surface area contributed by atoms with Crippen molar-refractivity contribution in [2.24, 2.45) is 0 Å². The van der Waals surface area contributed by atoms with Crippen LogP contribution in [0.25, 0.3) is 0 Å². The van der Waals surface area contributed by atoms with E-state index in [9.17, 15) is 0 Å². The van der Waals surface area contributed by atoms with E-state index in [1.54, 1.807) is 0 Å². The summed E-state index contributed by atoms with van der Waals surface area (Å²) >= 11 is 0. The Balaban J connectivity index is 2.20. The van der Waals surface area contributed by atoms with Gasteiger partial charge in [-0.15, -0.1) is 6.58 Å². The molecule has 1 aromatic rings. The van der Waals surface area contributed by atoms with Crippen LogP contribution in [0.1, 0.15) is 24.8 Å². The monoisotopic (exact) mass is 215 g/mol. The molecule has 1 heteroatoms. The van der Waals surface area contributed by atoms with Crippen LogP contribution in [0.3, 0.4) is 0 Å². The Morgan fingerprint density at radius 1 is 1.19 bits per heavy atom. The number of unbranched alkanes of at least 4 members (excludes halogenated alkanes) is 2. The number of allylic oxidation sites excluding steroid dienone is 2. The molecule has 0 radical (unpaired) electrons. The third kappa shape index (κ3) is 4.83. The number of hydrogen-bond acceptors (Lipinski definition) is 1. The van der Waals surface area contributed by atoms with Gasteiger partial charge >= 0.3 is 0 Å². The lowest BCUT2D eigenvalue weighted by molar-refractivity contribution is 0.868. The highest BCUT2D eigenvalue weighted by Gasteiger charge is 1.92. The molecule has 1 N–H and O–H groups in total. The molecule has 0 amide bonds. The highest BCUT2D eigenvalue weighted by atomic mass is 14.9. The second kappa shape index (κ2) is 7.75. The van der Waals surface area contributed by atoms with E-state index in [1.807, 2.05) is 6.08 Å². The zero-order valence-corrected chi connectivity index (χ0v) is 10.1. The lowest BCUT2D eigenvalue weighted by atomic mass is 10.2. The quantitative estimate of drug-likeness (QED) is 0.527. The second-order valence-electron chi connectivity index (χ2n) is 3.89. The number of hydrogen-bond donors (Lipinski definition) is 1. The van der Waals surface area contributed by atoms with E-state index in [1.165, 1.54) is 17.7 Å². The molecule has 0 saturated heterocycles. The van der Waals surface area contributed by atoms with Gasteiger partial charge in [0.25, 0.3) is 0 Å². The Morgan fingerprint density at radius 2 is 2.00 bits per heavy atom. The molecule has 0 aliphatic carbocycles. The van der Waals surface area contributed by atoms with Crippen molar-refractivity contribution >= 4 is 5.69 Å². The molecule has 0 aliphatic rings. The van der Waals surface area contributed by atoms with Crippen LogP contribution in [-0.4, -0.2) is 6.54 Å². The maximum Gasteiger partial charge on any atom is 0.0372 e. The van der Waals surface area contributed by atoms with E-state index in [0.29, 0.717) is 0 Å². The van der Waals surface area contributed by atoms with Crippen LogP contribution < -0.4 is 5.32 Å². The van der Waals surface area contributed by atoms with Crippen molar-refractivity contribution in [1.82, 2.24) is 0 Å². The van der Waals surface area contributed by atoms with Crippen LogP contribution in [-0.2, 0) is 0 Å². The molecule has 16 heavy (non-hydrogen) atoms. The molecule has 86 valence electrons. The summed E-state index contributed by atoms with van der Waals surface area (Å²) in [6.45, 7) is 6.73. The SMILES string of the molecule is C=CCCCC=CCNc1ccccc1C. The van der Waals surface area contributed by atoms with Crippen molar-refractivity contribution < 1.29 is 0 Å². The molecule has 0 atom stereocenters.